The lowest BCUT2D eigenvalue weighted by Gasteiger charge is -2.00. The van der Waals surface area contributed by atoms with E-state index in [1.165, 1.54) is 17.8 Å². The molecule has 0 spiro atoms. The molecule has 0 atom stereocenters. The van der Waals surface area contributed by atoms with E-state index in [1.54, 1.807) is 10.5 Å². The standard InChI is InChI=1S/C16H15FN4/c1-10-4-6-14(11(2)8-10)19-20-16-12(3)18-15-7-5-13(17)9-21(15)16/h4-9H,1-3H3. The Bertz CT molecular complexity index is 849. The van der Waals surface area contributed by atoms with Gasteiger partial charge in [0.1, 0.15) is 11.5 Å². The van der Waals surface area contributed by atoms with E-state index in [1.807, 2.05) is 32.9 Å². The molecule has 0 N–H and O–H groups in total. The van der Waals surface area contributed by atoms with Crippen LogP contribution in [0.2, 0.25) is 0 Å². The third-order valence-electron chi connectivity index (χ3n) is 3.33. The lowest BCUT2D eigenvalue weighted by Crippen LogP contribution is -1.85. The monoisotopic (exact) mass is 282 g/mol. The van der Waals surface area contributed by atoms with E-state index in [9.17, 15) is 4.39 Å². The van der Waals surface area contributed by atoms with Gasteiger partial charge in [-0.15, -0.1) is 10.2 Å². The fourth-order valence-corrected chi connectivity index (χ4v) is 2.26. The Morgan fingerprint density at radius 2 is 1.86 bits per heavy atom. The molecule has 0 unspecified atom stereocenters. The average molecular weight is 282 g/mol. The van der Waals surface area contributed by atoms with Crippen molar-refractivity contribution in [1.29, 1.82) is 0 Å². The minimum Gasteiger partial charge on any atom is -0.280 e. The smallest absolute Gasteiger partial charge is 0.182 e. The van der Waals surface area contributed by atoms with Crippen LogP contribution in [0, 0.1) is 26.6 Å². The van der Waals surface area contributed by atoms with Gasteiger partial charge in [-0.05, 0) is 44.5 Å². The maximum atomic E-state index is 13.4. The van der Waals surface area contributed by atoms with Crippen molar-refractivity contribution in [2.45, 2.75) is 20.8 Å². The Labute approximate surface area is 122 Å². The van der Waals surface area contributed by atoms with Gasteiger partial charge in [-0.1, -0.05) is 17.7 Å². The summed E-state index contributed by atoms with van der Waals surface area (Å²) in [6.45, 7) is 5.86. The highest BCUT2D eigenvalue weighted by Crippen LogP contribution is 2.26. The first kappa shape index (κ1) is 13.4. The summed E-state index contributed by atoms with van der Waals surface area (Å²) in [7, 11) is 0. The summed E-state index contributed by atoms with van der Waals surface area (Å²) in [6, 6.07) is 8.97. The number of hydrogen-bond donors (Lipinski definition) is 0. The summed E-state index contributed by atoms with van der Waals surface area (Å²) in [6.07, 6.45) is 1.37. The van der Waals surface area contributed by atoms with Crippen molar-refractivity contribution in [2.24, 2.45) is 10.2 Å². The fourth-order valence-electron chi connectivity index (χ4n) is 2.26. The molecular weight excluding hydrogens is 267 g/mol. The van der Waals surface area contributed by atoms with Crippen molar-refractivity contribution in [1.82, 2.24) is 9.38 Å². The minimum atomic E-state index is -0.331. The second-order valence-corrected chi connectivity index (χ2v) is 5.09. The molecule has 0 saturated heterocycles. The Morgan fingerprint density at radius 1 is 1.05 bits per heavy atom. The van der Waals surface area contributed by atoms with Crippen molar-refractivity contribution in [3.8, 4) is 0 Å². The van der Waals surface area contributed by atoms with E-state index in [0.29, 0.717) is 17.2 Å². The summed E-state index contributed by atoms with van der Waals surface area (Å²) in [5.41, 5.74) is 4.40. The van der Waals surface area contributed by atoms with Gasteiger partial charge in [0, 0.05) is 6.20 Å². The van der Waals surface area contributed by atoms with Crippen molar-refractivity contribution >= 4 is 17.2 Å². The Hall–Kier alpha value is -2.56. The number of aryl methyl sites for hydroxylation is 3. The van der Waals surface area contributed by atoms with Gasteiger partial charge in [-0.2, -0.15) is 0 Å². The molecule has 1 aromatic carbocycles. The maximum absolute atomic E-state index is 13.4. The van der Waals surface area contributed by atoms with Crippen LogP contribution in [-0.2, 0) is 0 Å². The first-order chi connectivity index (χ1) is 10.0. The molecule has 0 fully saturated rings. The normalized spacial score (nSPS) is 11.6. The molecular formula is C16H15FN4. The molecule has 4 nitrogen and oxygen atoms in total. The molecule has 3 rings (SSSR count). The number of imidazole rings is 1. The number of fused-ring (bicyclic) bond motifs is 1. The summed E-state index contributed by atoms with van der Waals surface area (Å²) in [5.74, 6) is 0.215. The van der Waals surface area contributed by atoms with Gasteiger partial charge < -0.3 is 0 Å². The van der Waals surface area contributed by atoms with E-state index >= 15 is 0 Å². The van der Waals surface area contributed by atoms with E-state index in [-0.39, 0.29) is 5.82 Å². The molecule has 0 saturated carbocycles. The second-order valence-electron chi connectivity index (χ2n) is 5.09. The highest BCUT2D eigenvalue weighted by molar-refractivity contribution is 5.52. The summed E-state index contributed by atoms with van der Waals surface area (Å²) >= 11 is 0. The van der Waals surface area contributed by atoms with Gasteiger partial charge in [-0.3, -0.25) is 4.40 Å². The number of rotatable bonds is 2. The largest absolute Gasteiger partial charge is 0.280 e. The van der Waals surface area contributed by atoms with E-state index in [2.05, 4.69) is 21.3 Å². The minimum absolute atomic E-state index is 0.331. The highest BCUT2D eigenvalue weighted by Gasteiger charge is 2.08. The van der Waals surface area contributed by atoms with Gasteiger partial charge in [0.2, 0.25) is 0 Å². The van der Waals surface area contributed by atoms with Crippen LogP contribution in [0.5, 0.6) is 0 Å². The van der Waals surface area contributed by atoms with E-state index in [4.69, 9.17) is 0 Å². The molecule has 2 heterocycles. The fraction of sp³-hybridized carbons (Fsp3) is 0.188. The SMILES string of the molecule is Cc1ccc(N=Nc2c(C)nc3ccc(F)cn23)c(C)c1. The number of nitrogens with zero attached hydrogens (tertiary/aromatic N) is 4. The van der Waals surface area contributed by atoms with Gasteiger partial charge in [0.15, 0.2) is 5.82 Å². The molecule has 0 bridgehead atoms. The zero-order valence-corrected chi connectivity index (χ0v) is 12.1. The third kappa shape index (κ3) is 2.54. The van der Waals surface area contributed by atoms with Crippen LogP contribution in [0.15, 0.2) is 46.8 Å². The van der Waals surface area contributed by atoms with Gasteiger partial charge in [0.05, 0.1) is 11.4 Å². The second kappa shape index (κ2) is 5.09. The average Bonchev–Trinajstić information content (AvgIpc) is 2.73. The van der Waals surface area contributed by atoms with E-state index < -0.39 is 0 Å². The molecule has 0 aliphatic carbocycles. The van der Waals surface area contributed by atoms with Crippen LogP contribution < -0.4 is 0 Å². The molecule has 5 heteroatoms. The van der Waals surface area contributed by atoms with Crippen molar-refractivity contribution in [3.05, 3.63) is 59.2 Å². The highest BCUT2D eigenvalue weighted by atomic mass is 19.1. The van der Waals surface area contributed by atoms with Crippen LogP contribution in [0.25, 0.3) is 5.65 Å². The Balaban J connectivity index is 2.06. The van der Waals surface area contributed by atoms with Crippen LogP contribution in [-0.4, -0.2) is 9.38 Å². The number of hydrogen-bond acceptors (Lipinski definition) is 3. The number of pyridine rings is 1. The van der Waals surface area contributed by atoms with Crippen molar-refractivity contribution < 1.29 is 4.39 Å². The van der Waals surface area contributed by atoms with Gasteiger partial charge in [0.25, 0.3) is 0 Å². The zero-order chi connectivity index (χ0) is 15.0. The number of benzene rings is 1. The van der Waals surface area contributed by atoms with Gasteiger partial charge in [-0.25, -0.2) is 9.37 Å². The lowest BCUT2D eigenvalue weighted by atomic mass is 10.1. The molecule has 2 aromatic heterocycles. The van der Waals surface area contributed by atoms with Crippen LogP contribution in [0.1, 0.15) is 16.8 Å². The Kier molecular flexibility index (Phi) is 3.25. The number of aromatic nitrogens is 2. The third-order valence-corrected chi connectivity index (χ3v) is 3.33. The molecule has 0 aliphatic rings. The molecule has 0 aliphatic heterocycles. The molecule has 21 heavy (non-hydrogen) atoms. The summed E-state index contributed by atoms with van der Waals surface area (Å²) in [5, 5.41) is 8.53. The molecule has 0 radical (unpaired) electrons. The lowest BCUT2D eigenvalue weighted by molar-refractivity contribution is 0.619. The topological polar surface area (TPSA) is 42.0 Å². The number of azo groups is 1. The molecule has 0 amide bonds. The Morgan fingerprint density at radius 3 is 2.62 bits per heavy atom. The maximum Gasteiger partial charge on any atom is 0.182 e. The van der Waals surface area contributed by atoms with Gasteiger partial charge >= 0.3 is 0 Å². The zero-order valence-electron chi connectivity index (χ0n) is 12.1. The summed E-state index contributed by atoms with van der Waals surface area (Å²) in [4.78, 5) is 4.35. The van der Waals surface area contributed by atoms with Crippen LogP contribution >= 0.6 is 0 Å². The van der Waals surface area contributed by atoms with Crippen molar-refractivity contribution in [2.75, 3.05) is 0 Å². The van der Waals surface area contributed by atoms with Crippen LogP contribution in [0.3, 0.4) is 0 Å². The molecule has 106 valence electrons. The van der Waals surface area contributed by atoms with E-state index in [0.717, 1.165) is 11.3 Å². The first-order valence-corrected chi connectivity index (χ1v) is 6.68. The van der Waals surface area contributed by atoms with Crippen LogP contribution in [0.4, 0.5) is 15.9 Å². The predicted molar refractivity (Wildman–Crippen MR) is 80.0 cm³/mol. The summed E-state index contributed by atoms with van der Waals surface area (Å²) < 4.78 is 15.0. The van der Waals surface area contributed by atoms with Crippen molar-refractivity contribution in [3.63, 3.8) is 0 Å². The number of halogens is 1. The quantitative estimate of drug-likeness (QED) is 0.622. The predicted octanol–water partition coefficient (Wildman–Crippen LogP) is 4.81. The first-order valence-electron chi connectivity index (χ1n) is 6.68. The molecule has 3 aromatic rings.